The van der Waals surface area contributed by atoms with E-state index in [1.165, 1.54) is 7.05 Å². The number of carbonyl (C=O) groups excluding carboxylic acids is 1. The summed E-state index contributed by atoms with van der Waals surface area (Å²) in [5, 5.41) is 2.30. The minimum Gasteiger partial charge on any atom is -0.412 e. The molecule has 40 valence electrons. The molecule has 0 fully saturated rings. The van der Waals surface area contributed by atoms with Gasteiger partial charge in [-0.3, -0.25) is 6.58 Å². The zero-order valence-corrected chi connectivity index (χ0v) is 6.96. The van der Waals surface area contributed by atoms with E-state index in [1.54, 1.807) is 0 Å². The van der Waals surface area contributed by atoms with Crippen LogP contribution in [0.2, 0.25) is 0 Å². The maximum absolute atomic E-state index is 9.90. The average molecular weight is 268 g/mol. The predicted molar refractivity (Wildman–Crippen MR) is 22.9 cm³/mol. The van der Waals surface area contributed by atoms with Crippen molar-refractivity contribution in [2.75, 3.05) is 7.05 Å². The monoisotopic (exact) mass is 268 g/mol. The number of amides is 1. The first-order valence-corrected chi connectivity index (χ1v) is 1.56. The number of rotatable bonds is 1. The molecule has 0 bridgehead atoms. The first-order valence-electron chi connectivity index (χ1n) is 1.56. The molecule has 0 aromatic carbocycles. The summed E-state index contributed by atoms with van der Waals surface area (Å²) in [5.74, 6) is -0.269. The molecule has 0 unspecified atom stereocenters. The number of hydrogen-bond acceptors (Lipinski definition) is 1. The molecule has 0 aliphatic rings. The van der Waals surface area contributed by atoms with E-state index in [1.807, 2.05) is 0 Å². The Morgan fingerprint density at radius 3 is 2.29 bits per heavy atom. The van der Waals surface area contributed by atoms with E-state index in [4.69, 9.17) is 0 Å². The SMILES string of the molecule is C=[C-]C(=O)NC.[W]. The molecule has 0 aromatic heterocycles. The van der Waals surface area contributed by atoms with Gasteiger partial charge in [-0.1, -0.05) is 0 Å². The topological polar surface area (TPSA) is 29.1 Å². The summed E-state index contributed by atoms with van der Waals surface area (Å²) in [6.07, 6.45) is 2.11. The Kier molecular flexibility index (Phi) is 8.43. The molecule has 3 heteroatoms. The van der Waals surface area contributed by atoms with Gasteiger partial charge in [-0.05, 0) is 0 Å². The standard InChI is InChI=1S/C4H6NO.W/c1-3-4(6)5-2;/h1H2,2H3,(H,5,6);/q-1;. The molecule has 0 aliphatic heterocycles. The van der Waals surface area contributed by atoms with Gasteiger partial charge in [-0.25, -0.2) is 0 Å². The van der Waals surface area contributed by atoms with Crippen LogP contribution < -0.4 is 5.32 Å². The fourth-order valence-electron chi connectivity index (χ4n) is 0.0884. The largest absolute Gasteiger partial charge is 0.412 e. The minimum atomic E-state index is -0.269. The zero-order valence-electron chi connectivity index (χ0n) is 4.02. The normalized spacial score (nSPS) is 5.86. The summed E-state index contributed by atoms with van der Waals surface area (Å²) in [4.78, 5) is 9.90. The minimum absolute atomic E-state index is 0. The second-order valence-electron chi connectivity index (χ2n) is 0.756. The Bertz CT molecular complexity index is 72.1. The van der Waals surface area contributed by atoms with Crippen LogP contribution in [0, 0.1) is 6.08 Å². The van der Waals surface area contributed by atoms with Gasteiger partial charge in [0.2, 0.25) is 0 Å². The van der Waals surface area contributed by atoms with Crippen LogP contribution in [-0.2, 0) is 25.9 Å². The molecule has 0 rings (SSSR count). The van der Waals surface area contributed by atoms with Crippen LogP contribution in [0.1, 0.15) is 0 Å². The van der Waals surface area contributed by atoms with Crippen molar-refractivity contribution in [3.05, 3.63) is 12.7 Å². The third kappa shape index (κ3) is 5.90. The second-order valence-corrected chi connectivity index (χ2v) is 0.756. The van der Waals surface area contributed by atoms with Gasteiger partial charge in [0.25, 0.3) is 0 Å². The Hall–Kier alpha value is -0.102. The molecule has 1 N–H and O–H groups in total. The quantitative estimate of drug-likeness (QED) is 0.514. The third-order valence-electron chi connectivity index (χ3n) is 0.388. The van der Waals surface area contributed by atoms with Crippen molar-refractivity contribution in [3.63, 3.8) is 0 Å². The maximum atomic E-state index is 9.90. The van der Waals surface area contributed by atoms with Gasteiger partial charge in [-0.15, -0.1) is 0 Å². The maximum Gasteiger partial charge on any atom is 0.0617 e. The van der Waals surface area contributed by atoms with Crippen molar-refractivity contribution in [1.29, 1.82) is 0 Å². The molecule has 0 heterocycles. The van der Waals surface area contributed by atoms with Crippen LogP contribution in [0.3, 0.4) is 0 Å². The summed E-state index contributed by atoms with van der Waals surface area (Å²) in [6.45, 7) is 3.09. The van der Waals surface area contributed by atoms with E-state index < -0.39 is 0 Å². The molecule has 0 spiro atoms. The molecular formula is C4H6NOW-. The Morgan fingerprint density at radius 2 is 2.29 bits per heavy atom. The van der Waals surface area contributed by atoms with Crippen molar-refractivity contribution < 1.29 is 25.9 Å². The van der Waals surface area contributed by atoms with Crippen LogP contribution >= 0.6 is 0 Å². The number of likely N-dealkylation sites (N-methyl/N-ethyl adjacent to an activating group) is 1. The van der Waals surface area contributed by atoms with Crippen LogP contribution in [0.5, 0.6) is 0 Å². The summed E-state index contributed by atoms with van der Waals surface area (Å²) in [7, 11) is 1.53. The van der Waals surface area contributed by atoms with Crippen molar-refractivity contribution in [1.82, 2.24) is 5.32 Å². The van der Waals surface area contributed by atoms with Crippen molar-refractivity contribution >= 4 is 5.91 Å². The van der Waals surface area contributed by atoms with Gasteiger partial charge in [-0.2, -0.15) is 0 Å². The molecule has 0 atom stereocenters. The summed E-state index contributed by atoms with van der Waals surface area (Å²) >= 11 is 0. The van der Waals surface area contributed by atoms with Crippen molar-refractivity contribution in [2.24, 2.45) is 0 Å². The molecule has 0 saturated heterocycles. The molecule has 0 aliphatic carbocycles. The number of hydrogen-bond donors (Lipinski definition) is 1. The third-order valence-corrected chi connectivity index (χ3v) is 0.388. The Balaban J connectivity index is 0. The van der Waals surface area contributed by atoms with E-state index in [2.05, 4.69) is 18.0 Å². The first kappa shape index (κ1) is 10.0. The Morgan fingerprint density at radius 1 is 1.86 bits per heavy atom. The smallest absolute Gasteiger partial charge is 0.0617 e. The van der Waals surface area contributed by atoms with Crippen molar-refractivity contribution in [2.45, 2.75) is 0 Å². The summed E-state index contributed by atoms with van der Waals surface area (Å²) < 4.78 is 0. The molecular weight excluding hydrogens is 262 g/mol. The van der Waals surface area contributed by atoms with Gasteiger partial charge < -0.3 is 16.2 Å². The fraction of sp³-hybridized carbons (Fsp3) is 0.250. The second kappa shape index (κ2) is 5.90. The van der Waals surface area contributed by atoms with Crippen molar-refractivity contribution in [3.8, 4) is 0 Å². The van der Waals surface area contributed by atoms with E-state index in [9.17, 15) is 4.79 Å². The number of nitrogens with one attached hydrogen (secondary N) is 1. The van der Waals surface area contributed by atoms with Crippen LogP contribution in [0.15, 0.2) is 6.58 Å². The fourth-order valence-corrected chi connectivity index (χ4v) is 0.0884. The van der Waals surface area contributed by atoms with E-state index >= 15 is 0 Å². The summed E-state index contributed by atoms with van der Waals surface area (Å²) in [6, 6.07) is 0. The average Bonchev–Trinajstić information content (AvgIpc) is 1.65. The van der Waals surface area contributed by atoms with Gasteiger partial charge in [0, 0.05) is 28.1 Å². The van der Waals surface area contributed by atoms with Gasteiger partial charge in [0.1, 0.15) is 0 Å². The Labute approximate surface area is 57.2 Å². The molecule has 2 nitrogen and oxygen atoms in total. The molecule has 1 amide bonds. The zero-order chi connectivity index (χ0) is 4.99. The van der Waals surface area contributed by atoms with E-state index in [0.717, 1.165) is 0 Å². The van der Waals surface area contributed by atoms with Gasteiger partial charge in [0.05, 0.1) is 5.91 Å². The van der Waals surface area contributed by atoms with Gasteiger partial charge >= 0.3 is 0 Å². The van der Waals surface area contributed by atoms with E-state index in [0.29, 0.717) is 0 Å². The molecule has 7 heavy (non-hydrogen) atoms. The van der Waals surface area contributed by atoms with Gasteiger partial charge in [0.15, 0.2) is 0 Å². The molecule has 0 radical (unpaired) electrons. The molecule has 0 aromatic rings. The first-order chi connectivity index (χ1) is 2.81. The van der Waals surface area contributed by atoms with Crippen LogP contribution in [-0.4, -0.2) is 13.0 Å². The summed E-state index contributed by atoms with van der Waals surface area (Å²) in [5.41, 5.74) is 0. The number of carbonyl (C=O) groups is 1. The predicted octanol–water partition coefficient (Wildman–Crippen LogP) is -0.281. The van der Waals surface area contributed by atoms with Crippen LogP contribution in [0.25, 0.3) is 0 Å². The molecule has 0 saturated carbocycles. The van der Waals surface area contributed by atoms with Crippen LogP contribution in [0.4, 0.5) is 0 Å². The van der Waals surface area contributed by atoms with E-state index in [-0.39, 0.29) is 27.0 Å².